The van der Waals surface area contributed by atoms with Gasteiger partial charge < -0.3 is 0 Å². The lowest BCUT2D eigenvalue weighted by Crippen LogP contribution is -2.16. The smallest absolute Gasteiger partial charge is 0.0197 e. The van der Waals surface area contributed by atoms with Gasteiger partial charge in [-0.15, -0.1) is 0 Å². The molecule has 0 heterocycles. The van der Waals surface area contributed by atoms with E-state index in [2.05, 4.69) is 26.0 Å². The highest BCUT2D eigenvalue weighted by Crippen LogP contribution is 2.49. The van der Waals surface area contributed by atoms with Crippen molar-refractivity contribution in [1.82, 2.24) is 0 Å². The van der Waals surface area contributed by atoms with Crippen molar-refractivity contribution in [2.75, 3.05) is 0 Å². The van der Waals surface area contributed by atoms with Crippen molar-refractivity contribution in [2.24, 2.45) is 23.7 Å². The molecular formula is C15H26. The highest BCUT2D eigenvalue weighted by molar-refractivity contribution is 5.12. The predicted octanol–water partition coefficient (Wildman–Crippen LogP) is 4.81. The minimum absolute atomic E-state index is 0.940. The SMILES string of the molecule is CCCCCCCC1C2C=CC(C2)C1C. The van der Waals surface area contributed by atoms with E-state index in [0.717, 1.165) is 23.7 Å². The van der Waals surface area contributed by atoms with E-state index < -0.39 is 0 Å². The Morgan fingerprint density at radius 2 is 1.73 bits per heavy atom. The van der Waals surface area contributed by atoms with Crippen molar-refractivity contribution in [3.8, 4) is 0 Å². The van der Waals surface area contributed by atoms with Crippen molar-refractivity contribution >= 4 is 0 Å². The molecule has 0 saturated heterocycles. The summed E-state index contributed by atoms with van der Waals surface area (Å²) in [6, 6.07) is 0. The lowest BCUT2D eigenvalue weighted by molar-refractivity contribution is 0.304. The molecule has 4 atom stereocenters. The average molecular weight is 206 g/mol. The van der Waals surface area contributed by atoms with Gasteiger partial charge in [0, 0.05) is 0 Å². The Balaban J connectivity index is 1.65. The molecule has 2 rings (SSSR count). The van der Waals surface area contributed by atoms with E-state index in [0.29, 0.717) is 0 Å². The van der Waals surface area contributed by atoms with E-state index in [-0.39, 0.29) is 0 Å². The number of fused-ring (bicyclic) bond motifs is 2. The third-order valence-electron chi connectivity index (χ3n) is 4.69. The highest BCUT2D eigenvalue weighted by atomic mass is 14.5. The van der Waals surface area contributed by atoms with Crippen molar-refractivity contribution < 1.29 is 0 Å². The van der Waals surface area contributed by atoms with Gasteiger partial charge >= 0.3 is 0 Å². The lowest BCUT2D eigenvalue weighted by Gasteiger charge is -2.24. The number of rotatable bonds is 6. The van der Waals surface area contributed by atoms with Gasteiger partial charge in [-0.25, -0.2) is 0 Å². The summed E-state index contributed by atoms with van der Waals surface area (Å²) in [6.45, 7) is 4.77. The first-order valence-corrected chi connectivity index (χ1v) is 7.01. The Kier molecular flexibility index (Phi) is 3.88. The lowest BCUT2D eigenvalue weighted by atomic mass is 9.81. The number of hydrogen-bond acceptors (Lipinski definition) is 0. The van der Waals surface area contributed by atoms with Crippen LogP contribution in [0.5, 0.6) is 0 Å². The molecule has 0 amide bonds. The second-order valence-corrected chi connectivity index (χ2v) is 5.67. The Labute approximate surface area is 95.1 Å². The summed E-state index contributed by atoms with van der Waals surface area (Å²) in [7, 11) is 0. The molecule has 0 aromatic carbocycles. The van der Waals surface area contributed by atoms with Crippen molar-refractivity contribution in [1.29, 1.82) is 0 Å². The standard InChI is InChI=1S/C15H26/c1-3-4-5-6-7-8-15-12(2)13-9-10-14(15)11-13/h9-10,12-15H,3-8,11H2,1-2H3. The number of allylic oxidation sites excluding steroid dienone is 2. The van der Waals surface area contributed by atoms with E-state index in [1.165, 1.54) is 44.9 Å². The molecule has 0 heteroatoms. The maximum Gasteiger partial charge on any atom is -0.0197 e. The number of unbranched alkanes of at least 4 members (excludes halogenated alkanes) is 4. The van der Waals surface area contributed by atoms with Crippen LogP contribution in [0.25, 0.3) is 0 Å². The molecule has 0 aromatic heterocycles. The largest absolute Gasteiger partial charge is 0.0848 e. The average Bonchev–Trinajstić information content (AvgIpc) is 2.80. The van der Waals surface area contributed by atoms with Crippen LogP contribution in [0.15, 0.2) is 12.2 Å². The molecule has 2 bridgehead atoms. The van der Waals surface area contributed by atoms with Crippen LogP contribution >= 0.6 is 0 Å². The van der Waals surface area contributed by atoms with Gasteiger partial charge in [0.2, 0.25) is 0 Å². The van der Waals surface area contributed by atoms with Crippen LogP contribution in [-0.2, 0) is 0 Å². The van der Waals surface area contributed by atoms with Gasteiger partial charge in [-0.05, 0) is 36.5 Å². The van der Waals surface area contributed by atoms with Gasteiger partial charge in [0.15, 0.2) is 0 Å². The molecule has 0 radical (unpaired) electrons. The van der Waals surface area contributed by atoms with Crippen LogP contribution in [0.2, 0.25) is 0 Å². The molecule has 15 heavy (non-hydrogen) atoms. The molecule has 0 N–H and O–H groups in total. The zero-order valence-corrected chi connectivity index (χ0v) is 10.4. The Morgan fingerprint density at radius 1 is 1.00 bits per heavy atom. The summed E-state index contributed by atoms with van der Waals surface area (Å²) in [4.78, 5) is 0. The summed E-state index contributed by atoms with van der Waals surface area (Å²) >= 11 is 0. The second-order valence-electron chi connectivity index (χ2n) is 5.67. The second kappa shape index (κ2) is 5.18. The molecule has 1 saturated carbocycles. The van der Waals surface area contributed by atoms with Gasteiger partial charge in [0.1, 0.15) is 0 Å². The molecule has 0 spiro atoms. The molecule has 0 aromatic rings. The van der Waals surface area contributed by atoms with E-state index in [4.69, 9.17) is 0 Å². The first-order chi connectivity index (χ1) is 7.33. The third kappa shape index (κ3) is 2.46. The molecule has 86 valence electrons. The quantitative estimate of drug-likeness (QED) is 0.432. The summed E-state index contributed by atoms with van der Waals surface area (Å²) in [6.07, 6.45) is 15.2. The van der Waals surface area contributed by atoms with E-state index in [1.807, 2.05) is 0 Å². The van der Waals surface area contributed by atoms with E-state index >= 15 is 0 Å². The molecule has 1 fully saturated rings. The summed E-state index contributed by atoms with van der Waals surface area (Å²) in [5, 5.41) is 0. The monoisotopic (exact) mass is 206 g/mol. The Hall–Kier alpha value is -0.260. The van der Waals surface area contributed by atoms with Gasteiger partial charge in [-0.1, -0.05) is 58.1 Å². The third-order valence-corrected chi connectivity index (χ3v) is 4.69. The Morgan fingerprint density at radius 3 is 2.40 bits per heavy atom. The predicted molar refractivity (Wildman–Crippen MR) is 66.8 cm³/mol. The van der Waals surface area contributed by atoms with Crippen LogP contribution in [0.3, 0.4) is 0 Å². The maximum atomic E-state index is 2.50. The van der Waals surface area contributed by atoms with Gasteiger partial charge in [0.25, 0.3) is 0 Å². The zero-order valence-electron chi connectivity index (χ0n) is 10.4. The highest BCUT2D eigenvalue weighted by Gasteiger charge is 2.40. The van der Waals surface area contributed by atoms with Crippen molar-refractivity contribution in [3.05, 3.63) is 12.2 Å². The van der Waals surface area contributed by atoms with Gasteiger partial charge in [-0.3, -0.25) is 0 Å². The molecule has 2 aliphatic rings. The van der Waals surface area contributed by atoms with E-state index in [9.17, 15) is 0 Å². The summed E-state index contributed by atoms with van der Waals surface area (Å²) in [5.41, 5.74) is 0. The fraction of sp³-hybridized carbons (Fsp3) is 0.867. The summed E-state index contributed by atoms with van der Waals surface area (Å²) < 4.78 is 0. The van der Waals surface area contributed by atoms with Crippen molar-refractivity contribution in [2.45, 2.75) is 58.8 Å². The van der Waals surface area contributed by atoms with Crippen LogP contribution in [-0.4, -0.2) is 0 Å². The van der Waals surface area contributed by atoms with Crippen LogP contribution in [0.4, 0.5) is 0 Å². The Bertz CT molecular complexity index is 216. The number of hydrogen-bond donors (Lipinski definition) is 0. The van der Waals surface area contributed by atoms with E-state index in [1.54, 1.807) is 0 Å². The van der Waals surface area contributed by atoms with Crippen LogP contribution < -0.4 is 0 Å². The molecule has 0 aliphatic heterocycles. The first-order valence-electron chi connectivity index (χ1n) is 7.01. The minimum Gasteiger partial charge on any atom is -0.0848 e. The zero-order chi connectivity index (χ0) is 10.7. The fourth-order valence-corrected chi connectivity index (χ4v) is 3.63. The molecular weight excluding hydrogens is 180 g/mol. The van der Waals surface area contributed by atoms with Gasteiger partial charge in [0.05, 0.1) is 0 Å². The minimum atomic E-state index is 0.940. The van der Waals surface area contributed by atoms with Crippen LogP contribution in [0.1, 0.15) is 58.8 Å². The van der Waals surface area contributed by atoms with Gasteiger partial charge in [-0.2, -0.15) is 0 Å². The fourth-order valence-electron chi connectivity index (χ4n) is 3.63. The normalized spacial score (nSPS) is 37.7. The summed E-state index contributed by atoms with van der Waals surface area (Å²) in [5.74, 6) is 3.90. The molecule has 2 aliphatic carbocycles. The molecule has 4 unspecified atom stereocenters. The van der Waals surface area contributed by atoms with Crippen LogP contribution in [0, 0.1) is 23.7 Å². The topological polar surface area (TPSA) is 0 Å². The molecule has 0 nitrogen and oxygen atoms in total. The first kappa shape index (κ1) is 11.2. The van der Waals surface area contributed by atoms with Crippen molar-refractivity contribution in [3.63, 3.8) is 0 Å². The maximum absolute atomic E-state index is 2.50.